The molecule has 0 aliphatic heterocycles. The fraction of sp³-hybridized carbons (Fsp3) is 0.132. The van der Waals surface area contributed by atoms with Crippen molar-refractivity contribution in [3.8, 4) is 56.2 Å². The Labute approximate surface area is 323 Å². The molecule has 3 aliphatic rings. The minimum absolute atomic E-state index is 0.103. The van der Waals surface area contributed by atoms with Crippen molar-refractivity contribution >= 4 is 0 Å². The number of hydrogen-bond acceptors (Lipinski definition) is 2. The molecule has 0 bridgehead atoms. The summed E-state index contributed by atoms with van der Waals surface area (Å²) in [6.07, 6.45) is 0. The molecule has 0 unspecified atom stereocenters. The first-order valence-electron chi connectivity index (χ1n) is 19.4. The minimum atomic E-state index is -0.431. The van der Waals surface area contributed by atoms with Crippen LogP contribution >= 0.6 is 0 Å². The first-order valence-corrected chi connectivity index (χ1v) is 19.4. The number of benzene rings is 7. The van der Waals surface area contributed by atoms with Crippen LogP contribution in [0.1, 0.15) is 72.2 Å². The van der Waals surface area contributed by atoms with Gasteiger partial charge in [-0.05, 0) is 85.0 Å². The molecule has 55 heavy (non-hydrogen) atoms. The van der Waals surface area contributed by atoms with Gasteiger partial charge in [0, 0.05) is 27.5 Å². The van der Waals surface area contributed by atoms with Crippen LogP contribution < -0.4 is 0 Å². The van der Waals surface area contributed by atoms with E-state index in [0.717, 1.165) is 33.9 Å². The standard InChI is InChI=1S/C53H40N2/c1-51(2)40-21-11-8-18-36(40)39-28-26-34(30-46(39)51)49-32-48(33-16-6-5-7-17-33)54-50(55-49)35-27-29-45-47(31-35)52(3,4)43-24-14-15-25-44(43)53(45)41-22-12-9-19-37(41)38-20-10-13-23-42(38)53/h5-32H,1-4H3. The molecular weight excluding hydrogens is 665 g/mol. The maximum atomic E-state index is 5.41. The third-order valence-corrected chi connectivity index (χ3v) is 13.0. The molecule has 0 fully saturated rings. The molecule has 3 aliphatic carbocycles. The number of aromatic nitrogens is 2. The Hall–Kier alpha value is -6.38. The maximum absolute atomic E-state index is 5.41. The molecule has 11 rings (SSSR count). The third kappa shape index (κ3) is 4.31. The molecule has 262 valence electrons. The van der Waals surface area contributed by atoms with Gasteiger partial charge >= 0.3 is 0 Å². The summed E-state index contributed by atoms with van der Waals surface area (Å²) in [5, 5.41) is 0. The molecule has 1 spiro atoms. The van der Waals surface area contributed by atoms with E-state index in [0.29, 0.717) is 0 Å². The molecule has 0 saturated heterocycles. The Morgan fingerprint density at radius 3 is 1.44 bits per heavy atom. The van der Waals surface area contributed by atoms with Crippen molar-refractivity contribution < 1.29 is 0 Å². The second-order valence-corrected chi connectivity index (χ2v) is 16.5. The lowest BCUT2D eigenvalue weighted by molar-refractivity contribution is 0.563. The van der Waals surface area contributed by atoms with E-state index in [1.165, 1.54) is 66.8 Å². The summed E-state index contributed by atoms with van der Waals surface area (Å²) in [6.45, 7) is 9.43. The highest BCUT2D eigenvalue weighted by molar-refractivity contribution is 5.89. The van der Waals surface area contributed by atoms with E-state index in [-0.39, 0.29) is 10.8 Å². The van der Waals surface area contributed by atoms with Gasteiger partial charge in [0.1, 0.15) is 0 Å². The van der Waals surface area contributed by atoms with Crippen LogP contribution in [0.25, 0.3) is 56.2 Å². The lowest BCUT2D eigenvalue weighted by atomic mass is 9.55. The van der Waals surface area contributed by atoms with Gasteiger partial charge in [0.25, 0.3) is 0 Å². The van der Waals surface area contributed by atoms with Crippen molar-refractivity contribution in [1.29, 1.82) is 0 Å². The van der Waals surface area contributed by atoms with E-state index in [2.05, 4.69) is 198 Å². The first-order chi connectivity index (χ1) is 26.8. The van der Waals surface area contributed by atoms with Crippen molar-refractivity contribution in [3.63, 3.8) is 0 Å². The molecule has 0 radical (unpaired) electrons. The van der Waals surface area contributed by atoms with Crippen LogP contribution in [0.15, 0.2) is 170 Å². The van der Waals surface area contributed by atoms with E-state index < -0.39 is 5.41 Å². The predicted octanol–water partition coefficient (Wildman–Crippen LogP) is 12.8. The summed E-state index contributed by atoms with van der Waals surface area (Å²) in [6, 6.07) is 62.6. The van der Waals surface area contributed by atoms with Gasteiger partial charge in [-0.15, -0.1) is 0 Å². The summed E-state index contributed by atoms with van der Waals surface area (Å²) in [4.78, 5) is 10.7. The van der Waals surface area contributed by atoms with Gasteiger partial charge in [0.2, 0.25) is 0 Å². The van der Waals surface area contributed by atoms with Crippen molar-refractivity contribution in [1.82, 2.24) is 9.97 Å². The lowest BCUT2D eigenvalue weighted by Crippen LogP contribution is -2.40. The van der Waals surface area contributed by atoms with E-state index in [4.69, 9.17) is 9.97 Å². The van der Waals surface area contributed by atoms with Crippen molar-refractivity contribution in [2.75, 3.05) is 0 Å². The van der Waals surface area contributed by atoms with E-state index in [9.17, 15) is 0 Å². The topological polar surface area (TPSA) is 25.8 Å². The maximum Gasteiger partial charge on any atom is 0.160 e. The Bertz CT molecular complexity index is 2830. The van der Waals surface area contributed by atoms with E-state index in [1.807, 2.05) is 0 Å². The molecule has 2 heteroatoms. The van der Waals surface area contributed by atoms with Gasteiger partial charge in [0.15, 0.2) is 5.82 Å². The normalized spacial score (nSPS) is 15.7. The molecule has 2 nitrogen and oxygen atoms in total. The van der Waals surface area contributed by atoms with Crippen molar-refractivity contribution in [2.45, 2.75) is 43.9 Å². The Balaban J connectivity index is 1.14. The van der Waals surface area contributed by atoms with Crippen LogP contribution in [0.5, 0.6) is 0 Å². The smallest absolute Gasteiger partial charge is 0.160 e. The summed E-state index contributed by atoms with van der Waals surface area (Å²) < 4.78 is 0. The van der Waals surface area contributed by atoms with Crippen LogP contribution in [0.3, 0.4) is 0 Å². The number of hydrogen-bond donors (Lipinski definition) is 0. The molecule has 1 aromatic heterocycles. The minimum Gasteiger partial charge on any atom is -0.228 e. The van der Waals surface area contributed by atoms with Gasteiger partial charge < -0.3 is 0 Å². The number of fused-ring (bicyclic) bond motifs is 12. The molecule has 0 atom stereocenters. The highest BCUT2D eigenvalue weighted by atomic mass is 14.9. The molecule has 8 aromatic rings. The van der Waals surface area contributed by atoms with E-state index in [1.54, 1.807) is 0 Å². The largest absolute Gasteiger partial charge is 0.228 e. The molecule has 1 heterocycles. The zero-order chi connectivity index (χ0) is 37.1. The Kier molecular flexibility index (Phi) is 6.60. The lowest BCUT2D eigenvalue weighted by Gasteiger charge is -2.46. The highest BCUT2D eigenvalue weighted by Crippen LogP contribution is 2.62. The zero-order valence-electron chi connectivity index (χ0n) is 31.6. The van der Waals surface area contributed by atoms with Crippen LogP contribution in [0, 0.1) is 0 Å². The Morgan fingerprint density at radius 2 is 0.764 bits per heavy atom. The van der Waals surface area contributed by atoms with Crippen molar-refractivity contribution in [2.24, 2.45) is 0 Å². The monoisotopic (exact) mass is 704 g/mol. The van der Waals surface area contributed by atoms with Gasteiger partial charge in [-0.1, -0.05) is 179 Å². The van der Waals surface area contributed by atoms with Crippen molar-refractivity contribution in [3.05, 3.63) is 214 Å². The van der Waals surface area contributed by atoms with Gasteiger partial charge in [-0.3, -0.25) is 0 Å². The second kappa shape index (κ2) is 11.3. The average Bonchev–Trinajstić information content (AvgIpc) is 3.66. The molecule has 0 N–H and O–H groups in total. The molecule has 0 amide bonds. The van der Waals surface area contributed by atoms with Gasteiger partial charge in [-0.2, -0.15) is 0 Å². The fourth-order valence-electron chi connectivity index (χ4n) is 10.3. The van der Waals surface area contributed by atoms with Crippen LogP contribution in [-0.4, -0.2) is 9.97 Å². The van der Waals surface area contributed by atoms with Crippen LogP contribution in [0.4, 0.5) is 0 Å². The quantitative estimate of drug-likeness (QED) is 0.183. The molecular formula is C53H40N2. The SMILES string of the molecule is CC1(C)c2ccccc2-c2ccc(-c3cc(-c4ccccc4)nc(-c4ccc5c(c4)C(C)(C)c4ccccc4C54c5ccccc5-c5ccccc54)n3)cc21. The number of nitrogens with zero attached hydrogens (tertiary/aromatic N) is 2. The summed E-state index contributed by atoms with van der Waals surface area (Å²) >= 11 is 0. The van der Waals surface area contributed by atoms with Gasteiger partial charge in [0.05, 0.1) is 16.8 Å². The first kappa shape index (κ1) is 32.1. The van der Waals surface area contributed by atoms with E-state index >= 15 is 0 Å². The second-order valence-electron chi connectivity index (χ2n) is 16.5. The summed E-state index contributed by atoms with van der Waals surface area (Å²) in [7, 11) is 0. The zero-order valence-corrected chi connectivity index (χ0v) is 31.6. The summed E-state index contributed by atoms with van der Waals surface area (Å²) in [5.74, 6) is 0.734. The third-order valence-electron chi connectivity index (χ3n) is 13.0. The highest BCUT2D eigenvalue weighted by Gasteiger charge is 2.53. The average molecular weight is 705 g/mol. The van der Waals surface area contributed by atoms with Crippen LogP contribution in [0.2, 0.25) is 0 Å². The van der Waals surface area contributed by atoms with Gasteiger partial charge in [-0.25, -0.2) is 9.97 Å². The Morgan fingerprint density at radius 1 is 0.309 bits per heavy atom. The number of rotatable bonds is 3. The van der Waals surface area contributed by atoms with Crippen LogP contribution in [-0.2, 0) is 16.2 Å². The molecule has 0 saturated carbocycles. The molecule has 7 aromatic carbocycles. The summed E-state index contributed by atoms with van der Waals surface area (Å²) in [5.41, 5.74) is 20.3. The predicted molar refractivity (Wildman–Crippen MR) is 225 cm³/mol. The fourth-order valence-corrected chi connectivity index (χ4v) is 10.3.